The van der Waals surface area contributed by atoms with Crippen molar-refractivity contribution in [1.82, 2.24) is 9.80 Å². The average molecular weight is 435 g/mol. The van der Waals surface area contributed by atoms with Gasteiger partial charge in [0, 0.05) is 18.7 Å². The molecule has 0 aliphatic carbocycles. The van der Waals surface area contributed by atoms with E-state index in [1.165, 1.54) is 0 Å². The molecule has 2 aromatic carbocycles. The van der Waals surface area contributed by atoms with Gasteiger partial charge < -0.3 is 19.6 Å². The van der Waals surface area contributed by atoms with Gasteiger partial charge >= 0.3 is 0 Å². The van der Waals surface area contributed by atoms with E-state index in [-0.39, 0.29) is 11.3 Å². The Kier molecular flexibility index (Phi) is 7.84. The van der Waals surface area contributed by atoms with Gasteiger partial charge in [0.15, 0.2) is 0 Å². The van der Waals surface area contributed by atoms with Crippen molar-refractivity contribution in [3.05, 3.63) is 84.0 Å². The molecular weight excluding hydrogens is 404 g/mol. The van der Waals surface area contributed by atoms with Gasteiger partial charge in [-0.3, -0.25) is 9.59 Å². The molecule has 2 aromatic rings. The average Bonchev–Trinajstić information content (AvgIpc) is 3.08. The predicted molar refractivity (Wildman–Crippen MR) is 125 cm³/mol. The molecule has 0 unspecified atom stereocenters. The Bertz CT molecular complexity index is 996. The van der Waals surface area contributed by atoms with E-state index in [0.29, 0.717) is 36.6 Å². The third kappa shape index (κ3) is 4.92. The van der Waals surface area contributed by atoms with Crippen molar-refractivity contribution in [3.8, 4) is 5.75 Å². The molecule has 0 spiro atoms. The number of nitrogens with zero attached hydrogens (tertiary/aromatic N) is 2. The summed E-state index contributed by atoms with van der Waals surface area (Å²) in [5.41, 5.74) is 1.31. The van der Waals surface area contributed by atoms with E-state index in [1.54, 1.807) is 35.2 Å². The van der Waals surface area contributed by atoms with Gasteiger partial charge in [0.05, 0.1) is 11.6 Å². The van der Waals surface area contributed by atoms with Crippen LogP contribution in [-0.4, -0.2) is 59.4 Å². The molecule has 0 aromatic heterocycles. The van der Waals surface area contributed by atoms with E-state index >= 15 is 0 Å². The molecule has 0 radical (unpaired) electrons. The minimum atomic E-state index is -0.696. The number of likely N-dealkylation sites (tertiary alicyclic amines) is 1. The predicted octanol–water partition coefficient (Wildman–Crippen LogP) is 4.01. The molecule has 0 bridgehead atoms. The van der Waals surface area contributed by atoms with E-state index in [1.807, 2.05) is 30.3 Å². The van der Waals surface area contributed by atoms with Crippen molar-refractivity contribution in [2.45, 2.75) is 19.9 Å². The van der Waals surface area contributed by atoms with Crippen LogP contribution in [0.25, 0.3) is 5.76 Å². The molecule has 3 rings (SSSR count). The number of carbonyl (C=O) groups is 2. The smallest absolute Gasteiger partial charge is 0.295 e. The van der Waals surface area contributed by atoms with Crippen LogP contribution in [0, 0.1) is 0 Å². The van der Waals surface area contributed by atoms with Crippen LogP contribution in [0.2, 0.25) is 0 Å². The minimum Gasteiger partial charge on any atom is -0.507 e. The summed E-state index contributed by atoms with van der Waals surface area (Å²) in [6.45, 7) is 10.8. The first-order valence-electron chi connectivity index (χ1n) is 10.9. The molecule has 1 aliphatic heterocycles. The summed E-state index contributed by atoms with van der Waals surface area (Å²) >= 11 is 0. The number of benzene rings is 2. The second-order valence-corrected chi connectivity index (χ2v) is 7.56. The largest absolute Gasteiger partial charge is 0.507 e. The van der Waals surface area contributed by atoms with E-state index in [4.69, 9.17) is 4.74 Å². The third-order valence-electron chi connectivity index (χ3n) is 5.68. The molecule has 1 atom stereocenters. The first kappa shape index (κ1) is 23.3. The number of amides is 1. The molecule has 1 fully saturated rings. The highest BCUT2D eigenvalue weighted by Gasteiger charge is 2.46. The first-order valence-corrected chi connectivity index (χ1v) is 10.9. The van der Waals surface area contributed by atoms with Crippen molar-refractivity contribution >= 4 is 17.4 Å². The van der Waals surface area contributed by atoms with Crippen molar-refractivity contribution in [2.75, 3.05) is 32.8 Å². The molecule has 168 valence electrons. The summed E-state index contributed by atoms with van der Waals surface area (Å²) in [5.74, 6) is -0.835. The van der Waals surface area contributed by atoms with Gasteiger partial charge in [0.2, 0.25) is 0 Å². The summed E-state index contributed by atoms with van der Waals surface area (Å²) in [7, 11) is 0. The van der Waals surface area contributed by atoms with Crippen LogP contribution in [0.3, 0.4) is 0 Å². The van der Waals surface area contributed by atoms with Crippen LogP contribution in [-0.2, 0) is 9.59 Å². The minimum absolute atomic E-state index is 0.0987. The molecule has 1 amide bonds. The number of hydrogen-bond acceptors (Lipinski definition) is 5. The quantitative estimate of drug-likeness (QED) is 0.265. The van der Waals surface area contributed by atoms with Gasteiger partial charge in [0.1, 0.15) is 18.1 Å². The van der Waals surface area contributed by atoms with Crippen molar-refractivity contribution < 1.29 is 19.4 Å². The fraction of sp³-hybridized carbons (Fsp3) is 0.308. The van der Waals surface area contributed by atoms with Gasteiger partial charge in [-0.1, -0.05) is 69.0 Å². The Morgan fingerprint density at radius 2 is 1.84 bits per heavy atom. The number of ketones is 1. The van der Waals surface area contributed by atoms with Gasteiger partial charge in [-0.25, -0.2) is 0 Å². The van der Waals surface area contributed by atoms with E-state index in [2.05, 4.69) is 25.3 Å². The molecule has 1 N–H and O–H groups in total. The Labute approximate surface area is 189 Å². The van der Waals surface area contributed by atoms with Gasteiger partial charge in [-0.2, -0.15) is 0 Å². The molecule has 32 heavy (non-hydrogen) atoms. The fourth-order valence-electron chi connectivity index (χ4n) is 3.93. The normalized spacial score (nSPS) is 17.7. The van der Waals surface area contributed by atoms with Gasteiger partial charge in [0.25, 0.3) is 11.7 Å². The monoisotopic (exact) mass is 434 g/mol. The van der Waals surface area contributed by atoms with Crippen molar-refractivity contribution in [1.29, 1.82) is 0 Å². The molecule has 1 heterocycles. The second-order valence-electron chi connectivity index (χ2n) is 7.56. The highest BCUT2D eigenvalue weighted by Crippen LogP contribution is 2.40. The molecule has 6 heteroatoms. The Morgan fingerprint density at radius 3 is 2.50 bits per heavy atom. The van der Waals surface area contributed by atoms with Gasteiger partial charge in [-0.15, -0.1) is 0 Å². The van der Waals surface area contributed by atoms with Gasteiger partial charge in [-0.05, 0) is 30.8 Å². The summed E-state index contributed by atoms with van der Waals surface area (Å²) in [6, 6.07) is 15.4. The number of aliphatic hydroxyl groups is 1. The maximum absolute atomic E-state index is 13.1. The number of carbonyl (C=O) groups excluding carboxylic acids is 2. The maximum Gasteiger partial charge on any atom is 0.295 e. The van der Waals surface area contributed by atoms with Crippen LogP contribution in [0.15, 0.2) is 72.8 Å². The SMILES string of the molecule is C=CCOc1cccc([C@@H]2C(=C(O)c3ccccc3)C(=O)C(=O)N2CCN(CC)CC)c1. The zero-order valence-electron chi connectivity index (χ0n) is 18.7. The summed E-state index contributed by atoms with van der Waals surface area (Å²) in [5, 5.41) is 11.1. The Hall–Kier alpha value is -3.38. The lowest BCUT2D eigenvalue weighted by Gasteiger charge is -2.28. The molecule has 1 saturated heterocycles. The summed E-state index contributed by atoms with van der Waals surface area (Å²) in [4.78, 5) is 29.9. The number of rotatable bonds is 10. The lowest BCUT2D eigenvalue weighted by molar-refractivity contribution is -0.140. The van der Waals surface area contributed by atoms with Crippen LogP contribution < -0.4 is 4.74 Å². The third-order valence-corrected chi connectivity index (χ3v) is 5.68. The number of aliphatic hydroxyl groups excluding tert-OH is 1. The summed E-state index contributed by atoms with van der Waals surface area (Å²) < 4.78 is 5.66. The zero-order chi connectivity index (χ0) is 23.1. The number of likely N-dealkylation sites (N-methyl/N-ethyl adjacent to an activating group) is 1. The maximum atomic E-state index is 13.1. The van der Waals surface area contributed by atoms with Crippen molar-refractivity contribution in [3.63, 3.8) is 0 Å². The van der Waals surface area contributed by atoms with E-state index < -0.39 is 17.7 Å². The Balaban J connectivity index is 2.08. The zero-order valence-corrected chi connectivity index (χ0v) is 18.7. The van der Waals surface area contributed by atoms with Crippen LogP contribution in [0.5, 0.6) is 5.75 Å². The van der Waals surface area contributed by atoms with E-state index in [0.717, 1.165) is 13.1 Å². The van der Waals surface area contributed by atoms with Crippen LogP contribution >= 0.6 is 0 Å². The topological polar surface area (TPSA) is 70.1 Å². The van der Waals surface area contributed by atoms with Crippen LogP contribution in [0.1, 0.15) is 31.0 Å². The molecule has 1 aliphatic rings. The number of hydrogen-bond donors (Lipinski definition) is 1. The first-order chi connectivity index (χ1) is 15.5. The molecular formula is C26H30N2O4. The van der Waals surface area contributed by atoms with Crippen molar-refractivity contribution in [2.24, 2.45) is 0 Å². The standard InChI is InChI=1S/C26H30N2O4/c1-4-17-32-21-14-10-13-20(18-21)23-22(24(29)19-11-8-7-9-12-19)25(30)26(31)28(23)16-15-27(5-2)6-3/h4,7-14,18,23,29H,1,5-6,15-17H2,2-3H3/t23-/m1/s1. The number of Topliss-reactive ketones (excluding diaryl/α,β-unsaturated/α-hetero) is 1. The fourth-order valence-corrected chi connectivity index (χ4v) is 3.93. The number of ether oxygens (including phenoxy) is 1. The molecule has 0 saturated carbocycles. The highest BCUT2D eigenvalue weighted by atomic mass is 16.5. The van der Waals surface area contributed by atoms with E-state index in [9.17, 15) is 14.7 Å². The van der Waals surface area contributed by atoms with Crippen LogP contribution in [0.4, 0.5) is 0 Å². The molecule has 6 nitrogen and oxygen atoms in total. The second kappa shape index (κ2) is 10.8. The lowest BCUT2D eigenvalue weighted by Crippen LogP contribution is -2.38. The Morgan fingerprint density at radius 1 is 1.12 bits per heavy atom. The highest BCUT2D eigenvalue weighted by molar-refractivity contribution is 6.46. The lowest BCUT2D eigenvalue weighted by atomic mass is 9.95. The summed E-state index contributed by atoms with van der Waals surface area (Å²) in [6.07, 6.45) is 1.65.